The molecule has 0 radical (unpaired) electrons. The van der Waals surface area contributed by atoms with Gasteiger partial charge in [0.15, 0.2) is 0 Å². The molecule has 0 fully saturated rings. The molecule has 0 aliphatic heterocycles. The second-order valence-electron chi connectivity index (χ2n) is 5.06. The largest absolute Gasteiger partial charge is 0.335 e. The van der Waals surface area contributed by atoms with E-state index in [1.807, 2.05) is 14.0 Å². The fraction of sp³-hybridized carbons (Fsp3) is 0.500. The molecule has 0 aliphatic carbocycles. The summed E-state index contributed by atoms with van der Waals surface area (Å²) in [6.45, 7) is 8.69. The fourth-order valence-corrected chi connectivity index (χ4v) is 1.93. The first-order valence-electron chi connectivity index (χ1n) is 5.18. The zero-order chi connectivity index (χ0) is 11.2. The number of nitrogens with zero attached hydrogens (tertiary/aromatic N) is 3. The van der Waals surface area contributed by atoms with Crippen LogP contribution in [0.3, 0.4) is 0 Å². The summed E-state index contributed by atoms with van der Waals surface area (Å²) < 4.78 is 2.07. The Labute approximate surface area is 90.2 Å². The molecule has 0 N–H and O–H groups in total. The maximum atomic E-state index is 4.33. The maximum absolute atomic E-state index is 4.33. The smallest absolute Gasteiger partial charge is 0.143 e. The van der Waals surface area contributed by atoms with Crippen LogP contribution in [0.25, 0.3) is 11.0 Å². The third-order valence-electron chi connectivity index (χ3n) is 2.75. The standard InChI is InChI=1S/C12H17N3/c1-8-10-9(12(2,3)4)6-15(5)11(10)14-7-13-8/h6-7H,1-5H3. The summed E-state index contributed by atoms with van der Waals surface area (Å²) in [5.74, 6) is 0. The van der Waals surface area contributed by atoms with Crippen molar-refractivity contribution in [2.45, 2.75) is 33.1 Å². The van der Waals surface area contributed by atoms with Crippen molar-refractivity contribution >= 4 is 11.0 Å². The molecule has 3 heteroatoms. The number of aryl methyl sites for hydroxylation is 2. The number of fused-ring (bicyclic) bond motifs is 1. The summed E-state index contributed by atoms with van der Waals surface area (Å²) in [5, 5.41) is 1.20. The molecule has 0 bridgehead atoms. The van der Waals surface area contributed by atoms with Gasteiger partial charge in [-0.25, -0.2) is 9.97 Å². The summed E-state index contributed by atoms with van der Waals surface area (Å²) in [6.07, 6.45) is 3.79. The Hall–Kier alpha value is -1.38. The molecule has 0 unspecified atom stereocenters. The monoisotopic (exact) mass is 203 g/mol. The van der Waals surface area contributed by atoms with Crippen LogP contribution in [0.5, 0.6) is 0 Å². The minimum absolute atomic E-state index is 0.134. The van der Waals surface area contributed by atoms with Crippen LogP contribution in [0.4, 0.5) is 0 Å². The Bertz CT molecular complexity index is 503. The lowest BCUT2D eigenvalue weighted by Gasteiger charge is -2.17. The van der Waals surface area contributed by atoms with Crippen molar-refractivity contribution in [1.82, 2.24) is 14.5 Å². The molecule has 0 spiro atoms. The second kappa shape index (κ2) is 3.05. The number of hydrogen-bond donors (Lipinski definition) is 0. The molecule has 15 heavy (non-hydrogen) atoms. The number of rotatable bonds is 0. The van der Waals surface area contributed by atoms with Gasteiger partial charge in [-0.3, -0.25) is 0 Å². The first kappa shape index (κ1) is 10.1. The lowest BCUT2D eigenvalue weighted by atomic mass is 9.87. The summed E-state index contributed by atoms with van der Waals surface area (Å²) in [4.78, 5) is 8.60. The highest BCUT2D eigenvalue weighted by atomic mass is 15.0. The van der Waals surface area contributed by atoms with Gasteiger partial charge in [0.2, 0.25) is 0 Å². The molecule has 2 rings (SSSR count). The Morgan fingerprint density at radius 1 is 1.20 bits per heavy atom. The third-order valence-corrected chi connectivity index (χ3v) is 2.75. The molecule has 3 nitrogen and oxygen atoms in total. The molecule has 2 aromatic rings. The highest BCUT2D eigenvalue weighted by Crippen LogP contribution is 2.31. The SMILES string of the molecule is Cc1ncnc2c1c(C(C)(C)C)cn2C. The van der Waals surface area contributed by atoms with Crippen LogP contribution in [-0.4, -0.2) is 14.5 Å². The minimum atomic E-state index is 0.134. The van der Waals surface area contributed by atoms with Crippen molar-refractivity contribution in [2.75, 3.05) is 0 Å². The van der Waals surface area contributed by atoms with Crippen LogP contribution in [0.15, 0.2) is 12.5 Å². The molecule has 0 aromatic carbocycles. The van der Waals surface area contributed by atoms with E-state index in [-0.39, 0.29) is 5.41 Å². The van der Waals surface area contributed by atoms with Crippen LogP contribution in [0.1, 0.15) is 32.0 Å². The van der Waals surface area contributed by atoms with Crippen LogP contribution in [0.2, 0.25) is 0 Å². The van der Waals surface area contributed by atoms with E-state index < -0.39 is 0 Å². The normalized spacial score (nSPS) is 12.3. The first-order valence-corrected chi connectivity index (χ1v) is 5.18. The highest BCUT2D eigenvalue weighted by molar-refractivity contribution is 5.83. The lowest BCUT2D eigenvalue weighted by Crippen LogP contribution is -2.10. The summed E-state index contributed by atoms with van der Waals surface area (Å²) in [7, 11) is 2.03. The van der Waals surface area contributed by atoms with E-state index in [0.29, 0.717) is 0 Å². The van der Waals surface area contributed by atoms with E-state index >= 15 is 0 Å². The Balaban J connectivity index is 2.88. The Kier molecular flexibility index (Phi) is 2.07. The van der Waals surface area contributed by atoms with Crippen LogP contribution >= 0.6 is 0 Å². The van der Waals surface area contributed by atoms with Gasteiger partial charge in [-0.2, -0.15) is 0 Å². The molecule has 0 amide bonds. The van der Waals surface area contributed by atoms with Gasteiger partial charge in [0.05, 0.1) is 5.69 Å². The zero-order valence-electron chi connectivity index (χ0n) is 10.00. The maximum Gasteiger partial charge on any atom is 0.143 e. The lowest BCUT2D eigenvalue weighted by molar-refractivity contribution is 0.593. The van der Waals surface area contributed by atoms with E-state index in [1.165, 1.54) is 10.9 Å². The van der Waals surface area contributed by atoms with Gasteiger partial charge in [-0.15, -0.1) is 0 Å². The van der Waals surface area contributed by atoms with Crippen molar-refractivity contribution in [3.05, 3.63) is 23.8 Å². The molecule has 80 valence electrons. The molecule has 0 saturated carbocycles. The molecule has 0 aliphatic rings. The molecule has 2 heterocycles. The van der Waals surface area contributed by atoms with Gasteiger partial charge in [0.1, 0.15) is 12.0 Å². The van der Waals surface area contributed by atoms with Crippen molar-refractivity contribution in [1.29, 1.82) is 0 Å². The molecule has 2 aromatic heterocycles. The number of hydrogen-bond acceptors (Lipinski definition) is 2. The van der Waals surface area contributed by atoms with Gasteiger partial charge < -0.3 is 4.57 Å². The summed E-state index contributed by atoms with van der Waals surface area (Å²) in [5.41, 5.74) is 3.53. The third kappa shape index (κ3) is 1.52. The van der Waals surface area contributed by atoms with Crippen LogP contribution in [0, 0.1) is 6.92 Å². The van der Waals surface area contributed by atoms with Crippen molar-refractivity contribution < 1.29 is 0 Å². The predicted octanol–water partition coefficient (Wildman–Crippen LogP) is 2.57. The average Bonchev–Trinajstić information content (AvgIpc) is 2.45. The van der Waals surface area contributed by atoms with Gasteiger partial charge in [-0.05, 0) is 17.9 Å². The predicted molar refractivity (Wildman–Crippen MR) is 61.9 cm³/mol. The van der Waals surface area contributed by atoms with E-state index in [0.717, 1.165) is 11.3 Å². The van der Waals surface area contributed by atoms with Crippen LogP contribution < -0.4 is 0 Å². The van der Waals surface area contributed by atoms with Gasteiger partial charge in [-0.1, -0.05) is 20.8 Å². The highest BCUT2D eigenvalue weighted by Gasteiger charge is 2.21. The summed E-state index contributed by atoms with van der Waals surface area (Å²) >= 11 is 0. The Morgan fingerprint density at radius 3 is 2.47 bits per heavy atom. The van der Waals surface area contributed by atoms with E-state index in [4.69, 9.17) is 0 Å². The molecule has 0 saturated heterocycles. The topological polar surface area (TPSA) is 30.7 Å². The second-order valence-corrected chi connectivity index (χ2v) is 5.06. The minimum Gasteiger partial charge on any atom is -0.335 e. The van der Waals surface area contributed by atoms with E-state index in [1.54, 1.807) is 6.33 Å². The van der Waals surface area contributed by atoms with Gasteiger partial charge in [0.25, 0.3) is 0 Å². The van der Waals surface area contributed by atoms with Gasteiger partial charge >= 0.3 is 0 Å². The number of aromatic nitrogens is 3. The molecular formula is C12H17N3. The fourth-order valence-electron chi connectivity index (χ4n) is 1.93. The van der Waals surface area contributed by atoms with Crippen LogP contribution in [-0.2, 0) is 12.5 Å². The zero-order valence-corrected chi connectivity index (χ0v) is 10.00. The molecule has 0 atom stereocenters. The summed E-state index contributed by atoms with van der Waals surface area (Å²) in [6, 6.07) is 0. The first-order chi connectivity index (χ1) is 6.91. The Morgan fingerprint density at radius 2 is 1.87 bits per heavy atom. The average molecular weight is 203 g/mol. The van der Waals surface area contributed by atoms with Crippen molar-refractivity contribution in [2.24, 2.45) is 7.05 Å². The van der Waals surface area contributed by atoms with E-state index in [9.17, 15) is 0 Å². The molecular weight excluding hydrogens is 186 g/mol. The van der Waals surface area contributed by atoms with Crippen molar-refractivity contribution in [3.63, 3.8) is 0 Å². The van der Waals surface area contributed by atoms with Crippen molar-refractivity contribution in [3.8, 4) is 0 Å². The van der Waals surface area contributed by atoms with E-state index in [2.05, 4.69) is 41.5 Å². The van der Waals surface area contributed by atoms with Gasteiger partial charge in [0, 0.05) is 18.6 Å². The quantitative estimate of drug-likeness (QED) is 0.659.